The Balaban J connectivity index is 1.48. The van der Waals surface area contributed by atoms with Crippen molar-refractivity contribution in [3.05, 3.63) is 81.0 Å². The fourth-order valence-electron chi connectivity index (χ4n) is 3.11. The number of amides is 1. The van der Waals surface area contributed by atoms with Crippen LogP contribution in [0.15, 0.2) is 64.2 Å². The molecule has 0 aliphatic rings. The quantitative estimate of drug-likeness (QED) is 0.532. The fraction of sp³-hybridized carbons (Fsp3) is 0.143. The molecule has 0 bridgehead atoms. The van der Waals surface area contributed by atoms with Gasteiger partial charge in [0.15, 0.2) is 5.13 Å². The molecule has 4 rings (SSSR count). The van der Waals surface area contributed by atoms with Crippen LogP contribution in [0.5, 0.6) is 0 Å². The third kappa shape index (κ3) is 3.88. The van der Waals surface area contributed by atoms with E-state index in [1.54, 1.807) is 24.3 Å². The molecule has 2 aromatic carbocycles. The van der Waals surface area contributed by atoms with E-state index in [4.69, 9.17) is 0 Å². The number of aromatic nitrogens is 3. The number of fused-ring (bicyclic) bond motifs is 1. The second-order valence-electron chi connectivity index (χ2n) is 6.54. The Hall–Kier alpha value is -3.52. The molecular weight excluding hydrogens is 388 g/mol. The van der Waals surface area contributed by atoms with Gasteiger partial charge in [0, 0.05) is 6.42 Å². The number of hydrogen-bond acceptors (Lipinski definition) is 5. The number of carbonyl (C=O) groups excluding carboxylic acids is 1. The molecule has 29 heavy (non-hydrogen) atoms. The van der Waals surface area contributed by atoms with Gasteiger partial charge in [-0.15, -0.1) is 0 Å². The molecule has 7 nitrogen and oxygen atoms in total. The highest BCUT2D eigenvalue weighted by atomic mass is 32.1. The van der Waals surface area contributed by atoms with Crippen molar-refractivity contribution in [2.75, 3.05) is 5.32 Å². The number of thiazole rings is 1. The summed E-state index contributed by atoms with van der Waals surface area (Å²) in [5.41, 5.74) is 1.20. The normalized spacial score (nSPS) is 10.9. The molecule has 0 spiro atoms. The largest absolute Gasteiger partial charge is 0.302 e. The highest BCUT2D eigenvalue weighted by Gasteiger charge is 2.13. The Bertz CT molecular complexity index is 1310. The SMILES string of the molecule is Cc1nc(NC(=O)CCn2[nH]c(=O)c3ccccc3c2=O)sc1-c1ccccc1. The van der Waals surface area contributed by atoms with Gasteiger partial charge in [0.25, 0.3) is 11.1 Å². The Morgan fingerprint density at radius 3 is 2.52 bits per heavy atom. The zero-order valence-corrected chi connectivity index (χ0v) is 16.5. The summed E-state index contributed by atoms with van der Waals surface area (Å²) in [4.78, 5) is 42.4. The van der Waals surface area contributed by atoms with E-state index in [0.29, 0.717) is 15.9 Å². The van der Waals surface area contributed by atoms with Crippen LogP contribution in [0.25, 0.3) is 21.2 Å². The van der Waals surface area contributed by atoms with Crippen molar-refractivity contribution >= 4 is 33.1 Å². The van der Waals surface area contributed by atoms with Crippen LogP contribution in [-0.2, 0) is 11.3 Å². The highest BCUT2D eigenvalue weighted by molar-refractivity contribution is 7.19. The minimum Gasteiger partial charge on any atom is -0.302 e. The zero-order chi connectivity index (χ0) is 20.4. The molecular formula is C21H18N4O3S. The average molecular weight is 406 g/mol. The molecule has 2 heterocycles. The van der Waals surface area contributed by atoms with Gasteiger partial charge in [-0.2, -0.15) is 0 Å². The van der Waals surface area contributed by atoms with E-state index in [1.807, 2.05) is 37.3 Å². The molecule has 2 N–H and O–H groups in total. The van der Waals surface area contributed by atoms with Crippen molar-refractivity contribution in [3.63, 3.8) is 0 Å². The predicted octanol–water partition coefficient (Wildman–Crippen LogP) is 3.15. The summed E-state index contributed by atoms with van der Waals surface area (Å²) >= 11 is 1.40. The number of nitrogens with zero attached hydrogens (tertiary/aromatic N) is 2. The minimum atomic E-state index is -0.358. The fourth-order valence-corrected chi connectivity index (χ4v) is 4.09. The van der Waals surface area contributed by atoms with Crippen LogP contribution in [0.1, 0.15) is 12.1 Å². The van der Waals surface area contributed by atoms with E-state index < -0.39 is 0 Å². The van der Waals surface area contributed by atoms with Crippen molar-refractivity contribution in [2.24, 2.45) is 0 Å². The number of anilines is 1. The molecule has 2 aromatic heterocycles. The zero-order valence-electron chi connectivity index (χ0n) is 15.6. The monoisotopic (exact) mass is 406 g/mol. The Labute approximate surface area is 169 Å². The first-order chi connectivity index (χ1) is 14.0. The first-order valence-corrected chi connectivity index (χ1v) is 9.89. The van der Waals surface area contributed by atoms with E-state index in [0.717, 1.165) is 16.1 Å². The number of aryl methyl sites for hydroxylation is 2. The predicted molar refractivity (Wildman–Crippen MR) is 114 cm³/mol. The molecule has 0 fully saturated rings. The molecule has 4 aromatic rings. The maximum absolute atomic E-state index is 12.5. The third-order valence-corrected chi connectivity index (χ3v) is 5.65. The number of nitrogens with one attached hydrogen (secondary N) is 2. The van der Waals surface area contributed by atoms with Gasteiger partial charge >= 0.3 is 0 Å². The highest BCUT2D eigenvalue weighted by Crippen LogP contribution is 2.32. The molecule has 0 radical (unpaired) electrons. The molecule has 0 atom stereocenters. The Kier molecular flexibility index (Phi) is 5.09. The third-order valence-electron chi connectivity index (χ3n) is 4.53. The van der Waals surface area contributed by atoms with Crippen molar-refractivity contribution in [1.82, 2.24) is 14.8 Å². The number of benzene rings is 2. The van der Waals surface area contributed by atoms with Crippen LogP contribution in [-0.4, -0.2) is 20.7 Å². The Morgan fingerprint density at radius 1 is 1.07 bits per heavy atom. The summed E-state index contributed by atoms with van der Waals surface area (Å²) in [7, 11) is 0. The molecule has 0 aliphatic heterocycles. The second-order valence-corrected chi connectivity index (χ2v) is 7.54. The van der Waals surface area contributed by atoms with Gasteiger partial charge in [-0.3, -0.25) is 19.5 Å². The van der Waals surface area contributed by atoms with Gasteiger partial charge in [-0.1, -0.05) is 53.8 Å². The lowest BCUT2D eigenvalue weighted by molar-refractivity contribution is -0.116. The van der Waals surface area contributed by atoms with Gasteiger partial charge in [0.1, 0.15) is 0 Å². The van der Waals surface area contributed by atoms with Crippen LogP contribution in [0.2, 0.25) is 0 Å². The molecule has 146 valence electrons. The molecule has 0 saturated carbocycles. The summed E-state index contributed by atoms with van der Waals surface area (Å²) in [6.07, 6.45) is 0.0352. The minimum absolute atomic E-state index is 0.0352. The van der Waals surface area contributed by atoms with Gasteiger partial charge in [-0.25, -0.2) is 9.67 Å². The van der Waals surface area contributed by atoms with Crippen LogP contribution in [0.3, 0.4) is 0 Å². The van der Waals surface area contributed by atoms with Crippen LogP contribution < -0.4 is 16.4 Å². The number of aromatic amines is 1. The van der Waals surface area contributed by atoms with E-state index in [2.05, 4.69) is 15.4 Å². The number of carbonyl (C=O) groups is 1. The van der Waals surface area contributed by atoms with Gasteiger partial charge < -0.3 is 5.32 Å². The standard InChI is InChI=1S/C21H18N4O3S/c1-13-18(14-7-3-2-4-8-14)29-21(22-13)23-17(26)11-12-25-20(28)16-10-6-5-9-15(16)19(27)24-25/h2-10H,11-12H2,1H3,(H,24,27)(H,22,23,26). The van der Waals surface area contributed by atoms with Gasteiger partial charge in [0.05, 0.1) is 27.9 Å². The lowest BCUT2D eigenvalue weighted by Gasteiger charge is -2.07. The molecule has 0 unspecified atom stereocenters. The number of rotatable bonds is 5. The lowest BCUT2D eigenvalue weighted by atomic mass is 10.2. The van der Waals surface area contributed by atoms with E-state index >= 15 is 0 Å². The topological polar surface area (TPSA) is 96.8 Å². The number of hydrogen-bond donors (Lipinski definition) is 2. The summed E-state index contributed by atoms with van der Waals surface area (Å²) in [5, 5.41) is 6.48. The maximum atomic E-state index is 12.5. The summed E-state index contributed by atoms with van der Waals surface area (Å²) < 4.78 is 1.17. The molecule has 0 saturated heterocycles. The van der Waals surface area contributed by atoms with Crippen molar-refractivity contribution in [2.45, 2.75) is 19.9 Å². The second kappa shape index (κ2) is 7.84. The average Bonchev–Trinajstić information content (AvgIpc) is 3.10. The Morgan fingerprint density at radius 2 is 1.76 bits per heavy atom. The summed E-state index contributed by atoms with van der Waals surface area (Å²) in [6, 6.07) is 16.5. The molecule has 1 amide bonds. The summed E-state index contributed by atoms with van der Waals surface area (Å²) in [5.74, 6) is -0.278. The van der Waals surface area contributed by atoms with E-state index in [9.17, 15) is 14.4 Å². The summed E-state index contributed by atoms with van der Waals surface area (Å²) in [6.45, 7) is 1.97. The van der Waals surface area contributed by atoms with Gasteiger partial charge in [0.2, 0.25) is 5.91 Å². The number of H-pyrrole nitrogens is 1. The maximum Gasteiger partial charge on any atom is 0.273 e. The van der Waals surface area contributed by atoms with Crippen molar-refractivity contribution < 1.29 is 4.79 Å². The van der Waals surface area contributed by atoms with Crippen LogP contribution in [0, 0.1) is 6.92 Å². The molecule has 8 heteroatoms. The first-order valence-electron chi connectivity index (χ1n) is 9.07. The first kappa shape index (κ1) is 18.8. The van der Waals surface area contributed by atoms with Crippen molar-refractivity contribution in [1.29, 1.82) is 0 Å². The van der Waals surface area contributed by atoms with Crippen LogP contribution in [0.4, 0.5) is 5.13 Å². The molecule has 0 aliphatic carbocycles. The van der Waals surface area contributed by atoms with E-state index in [1.165, 1.54) is 16.0 Å². The smallest absolute Gasteiger partial charge is 0.273 e. The lowest BCUT2D eigenvalue weighted by Crippen LogP contribution is -2.31. The van der Waals surface area contributed by atoms with Crippen molar-refractivity contribution in [3.8, 4) is 10.4 Å². The van der Waals surface area contributed by atoms with Gasteiger partial charge in [-0.05, 0) is 24.6 Å². The van der Waals surface area contributed by atoms with E-state index in [-0.39, 0.29) is 30.0 Å². The van der Waals surface area contributed by atoms with Crippen LogP contribution >= 0.6 is 11.3 Å².